The van der Waals surface area contributed by atoms with E-state index in [-0.39, 0.29) is 4.77 Å². The van der Waals surface area contributed by atoms with Gasteiger partial charge in [0.2, 0.25) is 4.77 Å². The van der Waals surface area contributed by atoms with Gasteiger partial charge >= 0.3 is 0 Å². The molecule has 0 aliphatic carbocycles. The molecule has 152 valence electrons. The fourth-order valence-electron chi connectivity index (χ4n) is 2.70. The summed E-state index contributed by atoms with van der Waals surface area (Å²) in [6.07, 6.45) is 11.3. The van der Waals surface area contributed by atoms with Crippen LogP contribution in [0.4, 0.5) is 0 Å². The number of methoxy groups -OCH3 is 1. The molecule has 1 aromatic carbocycles. The number of unbranched alkanes of at least 4 members (excludes halogenated alkanes) is 6. The maximum Gasteiger partial charge on any atom is 0.293 e. The molecule has 7 nitrogen and oxygen atoms in total. The van der Waals surface area contributed by atoms with Crippen LogP contribution in [-0.4, -0.2) is 34.8 Å². The van der Waals surface area contributed by atoms with E-state index < -0.39 is 5.56 Å². The fraction of sp³-hybridized carbons (Fsp3) is 0.500. The standard InChI is InChI=1S/C20H28N4O3S/c1-3-4-5-6-7-8-9-12-27-17-11-10-16(13-18(17)26-2)14-22-24-19(25)15-21-23-20(24)28/h10-11,13-15H,3-9,12H2,1-2H3,(H,23,28)/b22-14-. The molecule has 0 atom stereocenters. The third-order valence-electron chi connectivity index (χ3n) is 4.25. The van der Waals surface area contributed by atoms with Gasteiger partial charge in [0.15, 0.2) is 11.5 Å². The van der Waals surface area contributed by atoms with Crippen LogP contribution < -0.4 is 15.0 Å². The van der Waals surface area contributed by atoms with Crippen LogP contribution in [0.25, 0.3) is 0 Å². The monoisotopic (exact) mass is 404 g/mol. The number of benzene rings is 1. The maximum atomic E-state index is 11.7. The van der Waals surface area contributed by atoms with E-state index in [9.17, 15) is 4.79 Å². The minimum atomic E-state index is -0.401. The lowest BCUT2D eigenvalue weighted by Crippen LogP contribution is -2.18. The highest BCUT2D eigenvalue weighted by atomic mass is 32.1. The Labute approximate surface area is 170 Å². The summed E-state index contributed by atoms with van der Waals surface area (Å²) in [7, 11) is 1.60. The average molecular weight is 405 g/mol. The minimum absolute atomic E-state index is 0.130. The quantitative estimate of drug-likeness (QED) is 0.324. The lowest BCUT2D eigenvalue weighted by molar-refractivity contribution is 0.284. The van der Waals surface area contributed by atoms with Crippen LogP contribution in [0.5, 0.6) is 11.5 Å². The molecular formula is C20H28N4O3S. The highest BCUT2D eigenvalue weighted by Gasteiger charge is 2.05. The summed E-state index contributed by atoms with van der Waals surface area (Å²) >= 11 is 5.01. The summed E-state index contributed by atoms with van der Waals surface area (Å²) in [6.45, 7) is 2.89. The number of aromatic nitrogens is 3. The van der Waals surface area contributed by atoms with Crippen LogP contribution in [0.1, 0.15) is 57.4 Å². The van der Waals surface area contributed by atoms with Gasteiger partial charge in [-0.25, -0.2) is 0 Å². The normalized spacial score (nSPS) is 11.1. The number of aromatic amines is 1. The smallest absolute Gasteiger partial charge is 0.293 e. The van der Waals surface area contributed by atoms with Gasteiger partial charge in [0, 0.05) is 0 Å². The average Bonchev–Trinajstić information content (AvgIpc) is 2.70. The maximum absolute atomic E-state index is 11.7. The molecular weight excluding hydrogens is 376 g/mol. The van der Waals surface area contributed by atoms with Crippen molar-refractivity contribution in [1.29, 1.82) is 0 Å². The summed E-state index contributed by atoms with van der Waals surface area (Å²) in [5.74, 6) is 1.32. The summed E-state index contributed by atoms with van der Waals surface area (Å²) < 4.78 is 12.5. The van der Waals surface area contributed by atoms with Crippen LogP contribution in [0.3, 0.4) is 0 Å². The van der Waals surface area contributed by atoms with Gasteiger partial charge < -0.3 is 9.47 Å². The number of nitrogens with zero attached hydrogens (tertiary/aromatic N) is 3. The van der Waals surface area contributed by atoms with Gasteiger partial charge in [-0.05, 0) is 42.4 Å². The van der Waals surface area contributed by atoms with E-state index >= 15 is 0 Å². The molecule has 0 aliphatic heterocycles. The minimum Gasteiger partial charge on any atom is -0.493 e. The van der Waals surface area contributed by atoms with Crippen LogP contribution in [0.2, 0.25) is 0 Å². The zero-order valence-corrected chi connectivity index (χ0v) is 17.3. The highest BCUT2D eigenvalue weighted by molar-refractivity contribution is 7.71. The van der Waals surface area contributed by atoms with E-state index in [0.717, 1.165) is 22.9 Å². The van der Waals surface area contributed by atoms with Crippen LogP contribution in [0, 0.1) is 4.77 Å². The van der Waals surface area contributed by atoms with Gasteiger partial charge in [-0.15, -0.1) is 0 Å². The molecule has 0 spiro atoms. The Bertz CT molecular complexity index is 848. The second-order valence-corrected chi connectivity index (χ2v) is 6.84. The number of H-pyrrole nitrogens is 1. The summed E-state index contributed by atoms with van der Waals surface area (Å²) in [5.41, 5.74) is 0.361. The number of hydrogen-bond donors (Lipinski definition) is 1. The van der Waals surface area contributed by atoms with E-state index in [1.54, 1.807) is 7.11 Å². The van der Waals surface area contributed by atoms with Crippen LogP contribution in [-0.2, 0) is 0 Å². The third kappa shape index (κ3) is 6.92. The van der Waals surface area contributed by atoms with E-state index in [2.05, 4.69) is 22.2 Å². The number of ether oxygens (including phenoxy) is 2. The van der Waals surface area contributed by atoms with E-state index in [0.29, 0.717) is 18.1 Å². The second-order valence-electron chi connectivity index (χ2n) is 6.45. The fourth-order valence-corrected chi connectivity index (χ4v) is 2.89. The van der Waals surface area contributed by atoms with Crippen molar-refractivity contribution >= 4 is 18.4 Å². The van der Waals surface area contributed by atoms with Gasteiger partial charge in [-0.2, -0.15) is 14.9 Å². The first-order chi connectivity index (χ1) is 13.7. The third-order valence-corrected chi connectivity index (χ3v) is 4.52. The molecule has 0 aliphatic rings. The van der Waals surface area contributed by atoms with Crippen molar-refractivity contribution in [2.24, 2.45) is 5.10 Å². The number of rotatable bonds is 12. The number of hydrogen-bond acceptors (Lipinski definition) is 6. The summed E-state index contributed by atoms with van der Waals surface area (Å²) in [5, 5.41) is 10.3. The lowest BCUT2D eigenvalue weighted by atomic mass is 10.1. The second kappa shape index (κ2) is 12.1. The van der Waals surface area contributed by atoms with Crippen molar-refractivity contribution in [3.8, 4) is 11.5 Å². The zero-order valence-electron chi connectivity index (χ0n) is 16.5. The molecule has 1 aromatic heterocycles. The molecule has 28 heavy (non-hydrogen) atoms. The van der Waals surface area contributed by atoms with E-state index in [1.165, 1.54) is 44.7 Å². The molecule has 1 N–H and O–H groups in total. The van der Waals surface area contributed by atoms with E-state index in [1.807, 2.05) is 18.2 Å². The molecule has 8 heteroatoms. The van der Waals surface area contributed by atoms with Crippen molar-refractivity contribution in [3.05, 3.63) is 45.1 Å². The zero-order chi connectivity index (χ0) is 20.2. The Morgan fingerprint density at radius 3 is 2.64 bits per heavy atom. The topological polar surface area (TPSA) is 81.5 Å². The van der Waals surface area contributed by atoms with Gasteiger partial charge in [-0.1, -0.05) is 45.4 Å². The largest absolute Gasteiger partial charge is 0.493 e. The summed E-state index contributed by atoms with van der Waals surface area (Å²) in [4.78, 5) is 11.7. The van der Waals surface area contributed by atoms with Gasteiger partial charge in [0.05, 0.1) is 19.9 Å². The van der Waals surface area contributed by atoms with Crippen molar-refractivity contribution < 1.29 is 9.47 Å². The molecule has 0 saturated carbocycles. The predicted molar refractivity (Wildman–Crippen MR) is 113 cm³/mol. The Morgan fingerprint density at radius 1 is 1.18 bits per heavy atom. The first-order valence-corrected chi connectivity index (χ1v) is 10.1. The molecule has 1 heterocycles. The van der Waals surface area contributed by atoms with Crippen molar-refractivity contribution in [1.82, 2.24) is 14.9 Å². The van der Waals surface area contributed by atoms with Crippen LogP contribution in [0.15, 0.2) is 34.3 Å². The Morgan fingerprint density at radius 2 is 1.93 bits per heavy atom. The SMILES string of the molecule is CCCCCCCCCOc1ccc(/C=N\n2c(=O)cn[nH]c2=S)cc1OC. The van der Waals surface area contributed by atoms with Crippen LogP contribution >= 0.6 is 12.2 Å². The number of nitrogens with one attached hydrogen (secondary N) is 1. The van der Waals surface area contributed by atoms with E-state index in [4.69, 9.17) is 21.7 Å². The first kappa shape index (κ1) is 21.8. The molecule has 0 saturated heterocycles. The Kier molecular flexibility index (Phi) is 9.41. The highest BCUT2D eigenvalue weighted by Crippen LogP contribution is 2.27. The molecule has 0 amide bonds. The summed E-state index contributed by atoms with van der Waals surface area (Å²) in [6, 6.07) is 5.51. The lowest BCUT2D eigenvalue weighted by Gasteiger charge is -2.11. The molecule has 0 unspecified atom stereocenters. The molecule has 0 bridgehead atoms. The molecule has 2 rings (SSSR count). The van der Waals surface area contributed by atoms with Gasteiger partial charge in [-0.3, -0.25) is 9.89 Å². The predicted octanol–water partition coefficient (Wildman–Crippen LogP) is 4.32. The molecule has 0 fully saturated rings. The Balaban J connectivity index is 1.90. The van der Waals surface area contributed by atoms with Crippen molar-refractivity contribution in [2.45, 2.75) is 51.9 Å². The van der Waals surface area contributed by atoms with Crippen molar-refractivity contribution in [3.63, 3.8) is 0 Å². The van der Waals surface area contributed by atoms with Gasteiger partial charge in [0.1, 0.15) is 6.20 Å². The molecule has 0 radical (unpaired) electrons. The van der Waals surface area contributed by atoms with Crippen molar-refractivity contribution in [2.75, 3.05) is 13.7 Å². The Hall–Kier alpha value is -2.48. The van der Waals surface area contributed by atoms with Gasteiger partial charge in [0.25, 0.3) is 5.56 Å². The first-order valence-electron chi connectivity index (χ1n) is 9.67. The molecule has 2 aromatic rings.